The maximum absolute atomic E-state index is 13.7. The molecular weight excluding hydrogens is 664 g/mol. The van der Waals surface area contributed by atoms with Gasteiger partial charge in [0.05, 0.1) is 25.3 Å². The predicted molar refractivity (Wildman–Crippen MR) is 173 cm³/mol. The fourth-order valence-electron chi connectivity index (χ4n) is 4.92. The number of primary amides is 1. The molecule has 1 fully saturated rings. The van der Waals surface area contributed by atoms with Crippen LogP contribution in [-0.2, 0) is 47.8 Å². The Morgan fingerprint density at radius 3 is 2.10 bits per heavy atom. The lowest BCUT2D eigenvalue weighted by molar-refractivity contribution is -0.144. The summed E-state index contributed by atoms with van der Waals surface area (Å²) in [6.45, 7) is 7.11. The number of Topliss-reactive ketones (excluding diaryl/α,β-unsaturated/α-hetero) is 1. The number of nitrogens with zero attached hydrogens (tertiary/aromatic N) is 1. The molecule has 1 heterocycles. The zero-order valence-corrected chi connectivity index (χ0v) is 29.0. The molecule has 1 aliphatic rings. The molecule has 0 spiro atoms. The van der Waals surface area contributed by atoms with Gasteiger partial charge in [-0.3, -0.25) is 33.6 Å². The molecule has 1 aliphatic heterocycles. The van der Waals surface area contributed by atoms with Gasteiger partial charge in [-0.2, -0.15) is 0 Å². The lowest BCUT2D eigenvalue weighted by Crippen LogP contribution is -2.57. The van der Waals surface area contributed by atoms with Crippen LogP contribution < -0.4 is 27.0 Å². The van der Waals surface area contributed by atoms with Gasteiger partial charge in [-0.1, -0.05) is 41.0 Å². The molecule has 0 aromatic heterocycles. The number of rotatable bonds is 22. The van der Waals surface area contributed by atoms with Crippen LogP contribution in [-0.4, -0.2) is 125 Å². The molecule has 0 aromatic carbocycles. The van der Waals surface area contributed by atoms with Gasteiger partial charge in [-0.05, 0) is 31.1 Å². The average molecular weight is 715 g/mol. The monoisotopic (exact) mass is 714 g/mol. The van der Waals surface area contributed by atoms with Crippen molar-refractivity contribution >= 4 is 53.4 Å². The third-order valence-electron chi connectivity index (χ3n) is 7.45. The van der Waals surface area contributed by atoms with E-state index in [0.717, 1.165) is 4.90 Å². The summed E-state index contributed by atoms with van der Waals surface area (Å²) in [5.41, 5.74) is 5.25. The Morgan fingerprint density at radius 1 is 0.900 bits per heavy atom. The number of amides is 6. The number of nitrogens with one attached hydrogen (secondary N) is 4. The molecule has 19 nitrogen and oxygen atoms in total. The molecule has 0 saturated carbocycles. The highest BCUT2D eigenvalue weighted by atomic mass is 16.5. The van der Waals surface area contributed by atoms with E-state index in [0.29, 0.717) is 6.42 Å². The van der Waals surface area contributed by atoms with Crippen molar-refractivity contribution in [3.8, 4) is 0 Å². The molecule has 0 bridgehead atoms. The number of alkyl carbamates (subject to hydrolysis) is 1. The largest absolute Gasteiger partial charge is 0.481 e. The van der Waals surface area contributed by atoms with Crippen molar-refractivity contribution in [1.82, 2.24) is 26.2 Å². The number of nitrogens with two attached hydrogens (primary N) is 1. The first-order valence-corrected chi connectivity index (χ1v) is 16.4. The van der Waals surface area contributed by atoms with E-state index in [4.69, 9.17) is 25.4 Å². The van der Waals surface area contributed by atoms with Crippen LogP contribution in [0.1, 0.15) is 73.1 Å². The van der Waals surface area contributed by atoms with Crippen LogP contribution in [0.25, 0.3) is 0 Å². The summed E-state index contributed by atoms with van der Waals surface area (Å²) in [6.07, 6.45) is -1.85. The van der Waals surface area contributed by atoms with Crippen molar-refractivity contribution in [1.29, 1.82) is 0 Å². The quantitative estimate of drug-likeness (QED) is 0.0640. The molecule has 0 aromatic rings. The van der Waals surface area contributed by atoms with E-state index in [1.807, 2.05) is 13.8 Å². The molecule has 1 rings (SSSR count). The third-order valence-corrected chi connectivity index (χ3v) is 7.45. The van der Waals surface area contributed by atoms with Crippen LogP contribution in [0.3, 0.4) is 0 Å². The molecular formula is C31H50N6O13. The zero-order chi connectivity index (χ0) is 38.1. The minimum absolute atomic E-state index is 0.00497. The number of carbonyl (C=O) groups is 9. The molecule has 1 saturated heterocycles. The van der Waals surface area contributed by atoms with Crippen LogP contribution in [0.5, 0.6) is 0 Å². The number of aliphatic carboxylic acids is 2. The first kappa shape index (κ1) is 43.2. The molecule has 0 aliphatic carbocycles. The number of hydrogen-bond donors (Lipinski definition) is 7. The molecule has 3 unspecified atom stereocenters. The van der Waals surface area contributed by atoms with E-state index in [-0.39, 0.29) is 51.2 Å². The number of hydrogen-bond acceptors (Lipinski definition) is 11. The van der Waals surface area contributed by atoms with Gasteiger partial charge in [0.1, 0.15) is 24.7 Å². The second-order valence-corrected chi connectivity index (χ2v) is 12.6. The van der Waals surface area contributed by atoms with Crippen molar-refractivity contribution in [3.63, 3.8) is 0 Å². The standard InChI is InChI=1S/C31H50N6O13/c1-6-8-19(26(43)29(46)33-12-22(38)34-20(27(32)44)9-7-10-23(39)40)35-28(45)21-11-18(49-15-24(41)42)13-37(21)30(47)25(17(4)5)36-31(48)50-14-16(2)3/h16-21,25H,6-15H2,1-5H3,(H2,32,44)(H,33,46)(H,34,38)(H,35,45)(H,36,48)(H,39,40)(H,41,42)/t18-,19?,20?,21+,25?/m1/s1. The Labute approximate surface area is 289 Å². The van der Waals surface area contributed by atoms with E-state index < -0.39 is 103 Å². The Balaban J connectivity index is 3.06. The van der Waals surface area contributed by atoms with Crippen molar-refractivity contribution in [2.75, 3.05) is 26.3 Å². The highest BCUT2D eigenvalue weighted by molar-refractivity contribution is 6.38. The molecule has 6 amide bonds. The van der Waals surface area contributed by atoms with Crippen LogP contribution in [0.4, 0.5) is 4.79 Å². The number of carboxylic acid groups (broad SMARTS) is 2. The Bertz CT molecular complexity index is 1260. The van der Waals surface area contributed by atoms with Crippen molar-refractivity contribution in [3.05, 3.63) is 0 Å². The number of carboxylic acids is 2. The summed E-state index contributed by atoms with van der Waals surface area (Å²) in [5, 5.41) is 27.2. The minimum atomic E-state index is -1.38. The van der Waals surface area contributed by atoms with Gasteiger partial charge < -0.3 is 51.6 Å². The van der Waals surface area contributed by atoms with Crippen molar-refractivity contribution < 1.29 is 62.8 Å². The average Bonchev–Trinajstić information content (AvgIpc) is 3.47. The molecule has 8 N–H and O–H groups in total. The Hall–Kier alpha value is -4.81. The normalized spacial score (nSPS) is 17.3. The summed E-state index contributed by atoms with van der Waals surface area (Å²) in [6, 6.07) is -5.01. The van der Waals surface area contributed by atoms with E-state index in [1.54, 1.807) is 20.8 Å². The third kappa shape index (κ3) is 15.2. The SMILES string of the molecule is CCCC(NC(=O)[C@@H]1C[C@@H](OCC(=O)O)CN1C(=O)C(NC(=O)OCC(C)C)C(C)C)C(=O)C(=O)NCC(=O)NC(CCCC(=O)O)C(N)=O. The van der Waals surface area contributed by atoms with Crippen LogP contribution in [0, 0.1) is 11.8 Å². The first-order chi connectivity index (χ1) is 23.4. The number of ketones is 1. The molecule has 19 heteroatoms. The summed E-state index contributed by atoms with van der Waals surface area (Å²) < 4.78 is 10.5. The topological polar surface area (TPSA) is 290 Å². The lowest BCUT2D eigenvalue weighted by Gasteiger charge is -2.31. The second kappa shape index (κ2) is 21.3. The van der Waals surface area contributed by atoms with Gasteiger partial charge in [-0.15, -0.1) is 0 Å². The molecule has 282 valence electrons. The maximum Gasteiger partial charge on any atom is 0.407 e. The van der Waals surface area contributed by atoms with Crippen LogP contribution in [0.2, 0.25) is 0 Å². The van der Waals surface area contributed by atoms with E-state index in [1.165, 1.54) is 0 Å². The zero-order valence-electron chi connectivity index (χ0n) is 29.0. The molecule has 0 radical (unpaired) electrons. The highest BCUT2D eigenvalue weighted by Crippen LogP contribution is 2.24. The number of ether oxygens (including phenoxy) is 2. The number of likely N-dealkylation sites (tertiary alicyclic amines) is 1. The van der Waals surface area contributed by atoms with Gasteiger partial charge in [0, 0.05) is 19.4 Å². The van der Waals surface area contributed by atoms with Gasteiger partial charge in [-0.25, -0.2) is 9.59 Å². The number of carbonyl (C=O) groups excluding carboxylic acids is 7. The molecule has 50 heavy (non-hydrogen) atoms. The highest BCUT2D eigenvalue weighted by Gasteiger charge is 2.44. The summed E-state index contributed by atoms with van der Waals surface area (Å²) in [7, 11) is 0. The molecule has 5 atom stereocenters. The van der Waals surface area contributed by atoms with Crippen molar-refractivity contribution in [2.24, 2.45) is 17.6 Å². The maximum atomic E-state index is 13.7. The van der Waals surface area contributed by atoms with Gasteiger partial charge in [0.25, 0.3) is 5.91 Å². The van der Waals surface area contributed by atoms with Crippen molar-refractivity contribution in [2.45, 2.75) is 103 Å². The van der Waals surface area contributed by atoms with Gasteiger partial charge >= 0.3 is 18.0 Å². The Morgan fingerprint density at radius 2 is 1.56 bits per heavy atom. The lowest BCUT2D eigenvalue weighted by atomic mass is 10.0. The van der Waals surface area contributed by atoms with Crippen LogP contribution in [0.15, 0.2) is 0 Å². The van der Waals surface area contributed by atoms with E-state index >= 15 is 0 Å². The fraction of sp³-hybridized carbons (Fsp3) is 0.710. The smallest absolute Gasteiger partial charge is 0.407 e. The van der Waals surface area contributed by atoms with Gasteiger partial charge in [0.15, 0.2) is 0 Å². The van der Waals surface area contributed by atoms with E-state index in [9.17, 15) is 43.2 Å². The van der Waals surface area contributed by atoms with E-state index in [2.05, 4.69) is 21.3 Å². The van der Waals surface area contributed by atoms with Gasteiger partial charge in [0.2, 0.25) is 29.4 Å². The summed E-state index contributed by atoms with van der Waals surface area (Å²) >= 11 is 0. The summed E-state index contributed by atoms with van der Waals surface area (Å²) in [5.74, 6) is -8.47. The summed E-state index contributed by atoms with van der Waals surface area (Å²) in [4.78, 5) is 113. The first-order valence-electron chi connectivity index (χ1n) is 16.4. The minimum Gasteiger partial charge on any atom is -0.481 e. The Kier molecular flexibility index (Phi) is 18.4. The fourth-order valence-corrected chi connectivity index (χ4v) is 4.92. The van der Waals surface area contributed by atoms with Crippen LogP contribution >= 0.6 is 0 Å². The second-order valence-electron chi connectivity index (χ2n) is 12.6. The predicted octanol–water partition coefficient (Wildman–Crippen LogP) is -1.34.